The molecule has 0 N–H and O–H groups in total. The normalized spacial score (nSPS) is 11.2. The second-order valence-electron chi connectivity index (χ2n) is 3.39. The van der Waals surface area contributed by atoms with Crippen molar-refractivity contribution in [3.05, 3.63) is 38.9 Å². The molecule has 0 aromatic heterocycles. The van der Waals surface area contributed by atoms with E-state index in [1.165, 1.54) is 0 Å². The number of benzene rings is 1. The molecule has 0 aliphatic heterocycles. The van der Waals surface area contributed by atoms with E-state index in [-0.39, 0.29) is 12.4 Å². The van der Waals surface area contributed by atoms with Gasteiger partial charge in [0.05, 0.1) is 10.8 Å². The Kier molecular flexibility index (Phi) is 4.25. The van der Waals surface area contributed by atoms with E-state index in [1.54, 1.807) is 0 Å². The quantitative estimate of drug-likeness (QED) is 0.281. The van der Waals surface area contributed by atoms with Crippen LogP contribution in [0.4, 0.5) is 18.9 Å². The van der Waals surface area contributed by atoms with E-state index in [4.69, 9.17) is 11.6 Å². The lowest BCUT2D eigenvalue weighted by Gasteiger charge is -2.10. The van der Waals surface area contributed by atoms with Gasteiger partial charge in [-0.1, -0.05) is 0 Å². The summed E-state index contributed by atoms with van der Waals surface area (Å²) in [5.74, 6) is -1.57. The second kappa shape index (κ2) is 5.35. The summed E-state index contributed by atoms with van der Waals surface area (Å²) in [6.45, 7) is 0. The fourth-order valence-electron chi connectivity index (χ4n) is 1.39. The van der Waals surface area contributed by atoms with Crippen molar-refractivity contribution in [1.29, 1.82) is 0 Å². The summed E-state index contributed by atoms with van der Waals surface area (Å²) in [7, 11) is 0. The molecule has 0 bridgehead atoms. The van der Waals surface area contributed by atoms with Gasteiger partial charge in [-0.2, -0.15) is 13.2 Å². The van der Waals surface area contributed by atoms with Crippen LogP contribution in [0, 0.1) is 10.1 Å². The van der Waals surface area contributed by atoms with Gasteiger partial charge >= 0.3 is 6.18 Å². The van der Waals surface area contributed by atoms with Crippen molar-refractivity contribution in [1.82, 2.24) is 0 Å². The lowest BCUT2D eigenvalue weighted by atomic mass is 9.99. The van der Waals surface area contributed by atoms with E-state index >= 15 is 0 Å². The van der Waals surface area contributed by atoms with Crippen LogP contribution in [-0.4, -0.2) is 22.9 Å². The highest BCUT2D eigenvalue weighted by Crippen LogP contribution is 2.37. The van der Waals surface area contributed by atoms with Gasteiger partial charge in [-0.25, -0.2) is 0 Å². The highest BCUT2D eigenvalue weighted by Gasteiger charge is 2.39. The first-order chi connectivity index (χ1) is 8.72. The minimum absolute atomic E-state index is 0.0624. The number of ketones is 1. The summed E-state index contributed by atoms with van der Waals surface area (Å²) >= 11 is 5.20. The zero-order chi connectivity index (χ0) is 14.8. The van der Waals surface area contributed by atoms with Crippen LogP contribution in [0.1, 0.15) is 26.3 Å². The predicted octanol–water partition coefficient (Wildman–Crippen LogP) is 2.85. The van der Waals surface area contributed by atoms with E-state index in [2.05, 4.69) is 0 Å². The SMILES string of the molecule is O=Cc1cc([N+](=O)[O-])c(C(F)(F)F)cc1C(=O)CCl. The van der Waals surface area contributed by atoms with Gasteiger partial charge in [0, 0.05) is 17.2 Å². The van der Waals surface area contributed by atoms with Gasteiger partial charge in [-0.15, -0.1) is 11.6 Å². The number of Topliss-reactive ketones (excluding diaryl/α,β-unsaturated/α-hetero) is 1. The van der Waals surface area contributed by atoms with Crippen LogP contribution in [0.2, 0.25) is 0 Å². The number of carbonyl (C=O) groups excluding carboxylic acids is 2. The molecule has 0 atom stereocenters. The summed E-state index contributed by atoms with van der Waals surface area (Å²) in [6.07, 6.45) is -4.96. The van der Waals surface area contributed by atoms with Crippen LogP contribution in [0.5, 0.6) is 0 Å². The van der Waals surface area contributed by atoms with Crippen LogP contribution in [0.3, 0.4) is 0 Å². The zero-order valence-corrected chi connectivity index (χ0v) is 9.79. The first-order valence-electron chi connectivity index (χ1n) is 4.66. The van der Waals surface area contributed by atoms with Crippen LogP contribution >= 0.6 is 11.6 Å². The third-order valence-corrected chi connectivity index (χ3v) is 2.46. The predicted molar refractivity (Wildman–Crippen MR) is 58.5 cm³/mol. The van der Waals surface area contributed by atoms with Crippen molar-refractivity contribution >= 4 is 29.4 Å². The topological polar surface area (TPSA) is 77.3 Å². The molecule has 5 nitrogen and oxygen atoms in total. The van der Waals surface area contributed by atoms with Crippen LogP contribution < -0.4 is 0 Å². The number of nitrogens with zero attached hydrogens (tertiary/aromatic N) is 1. The van der Waals surface area contributed by atoms with Gasteiger partial charge in [-0.3, -0.25) is 19.7 Å². The Labute approximate surface area is 109 Å². The molecular formula is C10H5ClF3NO4. The summed E-state index contributed by atoms with van der Waals surface area (Å²) in [4.78, 5) is 31.3. The Morgan fingerprint density at radius 2 is 2.00 bits per heavy atom. The Bertz CT molecular complexity index is 556. The molecular weight excluding hydrogens is 291 g/mol. The molecule has 0 unspecified atom stereocenters. The number of alkyl halides is 4. The summed E-state index contributed by atoms with van der Waals surface area (Å²) < 4.78 is 38.0. The van der Waals surface area contributed by atoms with Crippen LogP contribution in [-0.2, 0) is 6.18 Å². The van der Waals surface area contributed by atoms with Crippen molar-refractivity contribution in [3.63, 3.8) is 0 Å². The maximum Gasteiger partial charge on any atom is 0.423 e. The molecule has 0 fully saturated rings. The van der Waals surface area contributed by atoms with E-state index in [0.29, 0.717) is 6.07 Å². The van der Waals surface area contributed by atoms with Crippen molar-refractivity contribution < 1.29 is 27.7 Å². The Morgan fingerprint density at radius 3 is 2.37 bits per heavy atom. The Balaban J connectivity index is 3.66. The van der Waals surface area contributed by atoms with E-state index in [9.17, 15) is 32.9 Å². The summed E-state index contributed by atoms with van der Waals surface area (Å²) in [5.41, 5.74) is -3.99. The molecule has 0 saturated carbocycles. The molecule has 0 heterocycles. The first-order valence-corrected chi connectivity index (χ1v) is 5.19. The number of rotatable bonds is 4. The minimum atomic E-state index is -5.02. The second-order valence-corrected chi connectivity index (χ2v) is 3.65. The van der Waals surface area contributed by atoms with Gasteiger partial charge in [-0.05, 0) is 6.07 Å². The maximum atomic E-state index is 12.7. The van der Waals surface area contributed by atoms with Crippen LogP contribution in [0.25, 0.3) is 0 Å². The zero-order valence-electron chi connectivity index (χ0n) is 9.03. The molecule has 1 aromatic rings. The van der Waals surface area contributed by atoms with E-state index in [0.717, 1.165) is 0 Å². The number of aldehydes is 1. The van der Waals surface area contributed by atoms with Crippen molar-refractivity contribution in [2.45, 2.75) is 6.18 Å². The first kappa shape index (κ1) is 15.1. The van der Waals surface area contributed by atoms with E-state index < -0.39 is 45.1 Å². The minimum Gasteiger partial charge on any atom is -0.298 e. The third-order valence-electron chi connectivity index (χ3n) is 2.22. The van der Waals surface area contributed by atoms with Gasteiger partial charge in [0.15, 0.2) is 12.1 Å². The van der Waals surface area contributed by atoms with Gasteiger partial charge in [0.2, 0.25) is 0 Å². The third kappa shape index (κ3) is 3.08. The van der Waals surface area contributed by atoms with Crippen molar-refractivity contribution in [2.24, 2.45) is 0 Å². The molecule has 9 heteroatoms. The Hall–Kier alpha value is -1.96. The molecule has 1 aromatic carbocycles. The molecule has 0 radical (unpaired) electrons. The fraction of sp³-hybridized carbons (Fsp3) is 0.200. The fourth-order valence-corrected chi connectivity index (χ4v) is 1.54. The molecule has 102 valence electrons. The lowest BCUT2D eigenvalue weighted by molar-refractivity contribution is -0.388. The average Bonchev–Trinajstić information content (AvgIpc) is 2.34. The van der Waals surface area contributed by atoms with E-state index in [1.807, 2.05) is 0 Å². The molecule has 19 heavy (non-hydrogen) atoms. The van der Waals surface area contributed by atoms with Gasteiger partial charge < -0.3 is 0 Å². The smallest absolute Gasteiger partial charge is 0.298 e. The maximum absolute atomic E-state index is 12.7. The van der Waals surface area contributed by atoms with Crippen LogP contribution in [0.15, 0.2) is 12.1 Å². The number of hydrogen-bond donors (Lipinski definition) is 0. The molecule has 1 rings (SSSR count). The molecule has 0 aliphatic rings. The monoisotopic (exact) mass is 295 g/mol. The molecule has 0 saturated heterocycles. The summed E-state index contributed by atoms with van der Waals surface area (Å²) in [6, 6.07) is 0.683. The largest absolute Gasteiger partial charge is 0.423 e. The number of nitro benzene ring substituents is 1. The molecule has 0 spiro atoms. The number of carbonyl (C=O) groups is 2. The number of hydrogen-bond acceptors (Lipinski definition) is 4. The molecule has 0 aliphatic carbocycles. The summed E-state index contributed by atoms with van der Waals surface area (Å²) in [5, 5.41) is 10.6. The lowest BCUT2D eigenvalue weighted by Crippen LogP contribution is -2.13. The van der Waals surface area contributed by atoms with Gasteiger partial charge in [0.25, 0.3) is 5.69 Å². The van der Waals surface area contributed by atoms with Gasteiger partial charge in [0.1, 0.15) is 5.56 Å². The average molecular weight is 296 g/mol. The highest BCUT2D eigenvalue weighted by atomic mass is 35.5. The molecule has 0 amide bonds. The van der Waals surface area contributed by atoms with Crippen molar-refractivity contribution in [3.8, 4) is 0 Å². The Morgan fingerprint density at radius 1 is 1.42 bits per heavy atom. The standard InChI is InChI=1S/C10H5ClF3NO4/c11-3-9(17)6-2-7(10(12,13)14)8(15(18)19)1-5(6)4-16/h1-2,4H,3H2. The van der Waals surface area contributed by atoms with Crippen molar-refractivity contribution in [2.75, 3.05) is 5.88 Å². The number of halogens is 4. The number of nitro groups is 1. The highest BCUT2D eigenvalue weighted by molar-refractivity contribution is 6.31.